The average molecular weight is 322 g/mol. The number of hydrogen-bond donors (Lipinski definition) is 1. The SMILES string of the molecule is C[C@@H](N[S@@](=O)C(C)(C)C)c1ccc(Br)cc1F. The summed E-state index contributed by atoms with van der Waals surface area (Å²) in [5.74, 6) is -0.301. The fourth-order valence-corrected chi connectivity index (χ4v) is 2.39. The van der Waals surface area contributed by atoms with Gasteiger partial charge in [-0.1, -0.05) is 22.0 Å². The number of rotatable bonds is 3. The number of benzene rings is 1. The summed E-state index contributed by atoms with van der Waals surface area (Å²) in [7, 11) is -1.21. The molecule has 0 spiro atoms. The van der Waals surface area contributed by atoms with Crippen LogP contribution in [-0.4, -0.2) is 8.96 Å². The van der Waals surface area contributed by atoms with Crippen LogP contribution in [0.1, 0.15) is 39.3 Å². The summed E-state index contributed by atoms with van der Waals surface area (Å²) in [6, 6.07) is 4.59. The van der Waals surface area contributed by atoms with Gasteiger partial charge >= 0.3 is 0 Å². The van der Waals surface area contributed by atoms with Crippen molar-refractivity contribution in [2.24, 2.45) is 0 Å². The highest BCUT2D eigenvalue weighted by atomic mass is 79.9. The summed E-state index contributed by atoms with van der Waals surface area (Å²) in [6.07, 6.45) is 0. The third kappa shape index (κ3) is 4.16. The lowest BCUT2D eigenvalue weighted by molar-refractivity contribution is 0.571. The van der Waals surface area contributed by atoms with Gasteiger partial charge in [0.1, 0.15) is 5.82 Å². The van der Waals surface area contributed by atoms with Gasteiger partial charge in [0.05, 0.1) is 15.7 Å². The first-order chi connectivity index (χ1) is 7.71. The molecule has 0 radical (unpaired) electrons. The van der Waals surface area contributed by atoms with E-state index in [1.54, 1.807) is 19.1 Å². The van der Waals surface area contributed by atoms with Crippen LogP contribution in [0.4, 0.5) is 4.39 Å². The first-order valence-electron chi connectivity index (χ1n) is 5.35. The quantitative estimate of drug-likeness (QED) is 0.903. The van der Waals surface area contributed by atoms with Gasteiger partial charge in [0.15, 0.2) is 0 Å². The maximum atomic E-state index is 13.7. The molecule has 1 rings (SSSR count). The zero-order valence-electron chi connectivity index (χ0n) is 10.4. The second kappa shape index (κ2) is 5.59. The lowest BCUT2D eigenvalue weighted by atomic mass is 10.1. The van der Waals surface area contributed by atoms with Crippen LogP contribution < -0.4 is 4.72 Å². The minimum absolute atomic E-state index is 0.289. The van der Waals surface area contributed by atoms with Crippen molar-refractivity contribution >= 4 is 26.9 Å². The molecular formula is C12H17BrFNOS. The van der Waals surface area contributed by atoms with E-state index in [1.807, 2.05) is 20.8 Å². The van der Waals surface area contributed by atoms with Crippen LogP contribution in [0.5, 0.6) is 0 Å². The van der Waals surface area contributed by atoms with Gasteiger partial charge in [0.25, 0.3) is 0 Å². The van der Waals surface area contributed by atoms with E-state index in [1.165, 1.54) is 6.07 Å². The molecule has 0 aliphatic heterocycles. The van der Waals surface area contributed by atoms with Gasteiger partial charge in [-0.3, -0.25) is 0 Å². The summed E-state index contributed by atoms with van der Waals surface area (Å²) >= 11 is 3.21. The van der Waals surface area contributed by atoms with Crippen LogP contribution in [0, 0.1) is 5.82 Å². The van der Waals surface area contributed by atoms with E-state index in [2.05, 4.69) is 20.7 Å². The van der Waals surface area contributed by atoms with E-state index >= 15 is 0 Å². The van der Waals surface area contributed by atoms with Crippen LogP contribution >= 0.6 is 15.9 Å². The molecule has 0 aliphatic carbocycles. The number of nitrogens with one attached hydrogen (secondary N) is 1. The standard InChI is InChI=1S/C12H17BrFNOS/c1-8(15-17(16)12(2,3)4)10-6-5-9(13)7-11(10)14/h5-8,15H,1-4H3/t8-,17+/m1/s1. The first kappa shape index (κ1) is 14.8. The van der Waals surface area contributed by atoms with E-state index < -0.39 is 11.0 Å². The van der Waals surface area contributed by atoms with E-state index in [-0.39, 0.29) is 16.6 Å². The fraction of sp³-hybridized carbons (Fsp3) is 0.500. The van der Waals surface area contributed by atoms with Crippen LogP contribution in [0.2, 0.25) is 0 Å². The van der Waals surface area contributed by atoms with Gasteiger partial charge in [-0.15, -0.1) is 0 Å². The predicted octanol–water partition coefficient (Wildman–Crippen LogP) is 3.70. The normalized spacial score (nSPS) is 15.6. The van der Waals surface area contributed by atoms with E-state index in [9.17, 15) is 8.60 Å². The number of hydrogen-bond acceptors (Lipinski definition) is 1. The molecule has 2 nitrogen and oxygen atoms in total. The molecule has 0 unspecified atom stereocenters. The molecule has 96 valence electrons. The topological polar surface area (TPSA) is 29.1 Å². The predicted molar refractivity (Wildman–Crippen MR) is 73.5 cm³/mol. The maximum Gasteiger partial charge on any atom is 0.129 e. The molecule has 0 aliphatic rings. The van der Waals surface area contributed by atoms with Crippen molar-refractivity contribution in [3.8, 4) is 0 Å². The third-order valence-corrected chi connectivity index (χ3v) is 4.44. The van der Waals surface area contributed by atoms with Gasteiger partial charge in [-0.2, -0.15) is 0 Å². The minimum atomic E-state index is -1.21. The Morgan fingerprint density at radius 1 is 1.41 bits per heavy atom. The largest absolute Gasteiger partial charge is 0.242 e. The molecular weight excluding hydrogens is 305 g/mol. The van der Waals surface area contributed by atoms with Crippen molar-refractivity contribution in [1.82, 2.24) is 4.72 Å². The second-order valence-electron chi connectivity index (χ2n) is 4.89. The highest BCUT2D eigenvalue weighted by Crippen LogP contribution is 2.22. The Kier molecular flexibility index (Phi) is 4.86. The molecule has 1 aromatic carbocycles. The monoisotopic (exact) mass is 321 g/mol. The molecule has 2 atom stereocenters. The Balaban J connectivity index is 2.84. The highest BCUT2D eigenvalue weighted by Gasteiger charge is 2.22. The second-order valence-corrected chi connectivity index (χ2v) is 7.80. The molecule has 0 heterocycles. The van der Waals surface area contributed by atoms with E-state index in [4.69, 9.17) is 0 Å². The molecule has 0 saturated heterocycles. The van der Waals surface area contributed by atoms with Crippen molar-refractivity contribution in [3.63, 3.8) is 0 Å². The molecule has 0 saturated carbocycles. The summed E-state index contributed by atoms with van der Waals surface area (Å²) in [6.45, 7) is 7.43. The van der Waals surface area contributed by atoms with Gasteiger partial charge < -0.3 is 0 Å². The van der Waals surface area contributed by atoms with Gasteiger partial charge in [-0.05, 0) is 39.8 Å². The van der Waals surface area contributed by atoms with Crippen molar-refractivity contribution in [2.45, 2.75) is 38.5 Å². The Labute approximate surface area is 113 Å². The van der Waals surface area contributed by atoms with E-state index in [0.717, 1.165) is 0 Å². The molecule has 0 aromatic heterocycles. The summed E-state index contributed by atoms with van der Waals surface area (Å²) in [5, 5.41) is 0. The molecule has 0 fully saturated rings. The summed E-state index contributed by atoms with van der Waals surface area (Å²) in [5.41, 5.74) is 0.519. The van der Waals surface area contributed by atoms with E-state index in [0.29, 0.717) is 10.0 Å². The minimum Gasteiger partial charge on any atom is -0.242 e. The lowest BCUT2D eigenvalue weighted by Gasteiger charge is -2.22. The van der Waals surface area contributed by atoms with Crippen LogP contribution in [0.15, 0.2) is 22.7 Å². The summed E-state index contributed by atoms with van der Waals surface area (Å²) in [4.78, 5) is 0. The van der Waals surface area contributed by atoms with Crippen molar-refractivity contribution in [3.05, 3.63) is 34.1 Å². The van der Waals surface area contributed by atoms with Gasteiger partial charge in [0.2, 0.25) is 0 Å². The van der Waals surface area contributed by atoms with Crippen LogP contribution in [-0.2, 0) is 11.0 Å². The Morgan fingerprint density at radius 2 is 2.00 bits per heavy atom. The first-order valence-corrected chi connectivity index (χ1v) is 7.29. The van der Waals surface area contributed by atoms with Crippen LogP contribution in [0.3, 0.4) is 0 Å². The molecule has 1 N–H and O–H groups in total. The number of halogens is 2. The molecule has 0 amide bonds. The fourth-order valence-electron chi connectivity index (χ4n) is 1.25. The van der Waals surface area contributed by atoms with Crippen molar-refractivity contribution in [1.29, 1.82) is 0 Å². The molecule has 1 aromatic rings. The maximum absolute atomic E-state index is 13.7. The van der Waals surface area contributed by atoms with Crippen molar-refractivity contribution < 1.29 is 8.60 Å². The molecule has 5 heteroatoms. The third-order valence-electron chi connectivity index (χ3n) is 2.27. The van der Waals surface area contributed by atoms with Crippen LogP contribution in [0.25, 0.3) is 0 Å². The van der Waals surface area contributed by atoms with Crippen molar-refractivity contribution in [2.75, 3.05) is 0 Å². The smallest absolute Gasteiger partial charge is 0.129 e. The highest BCUT2D eigenvalue weighted by molar-refractivity contribution is 9.10. The molecule has 17 heavy (non-hydrogen) atoms. The zero-order chi connectivity index (χ0) is 13.2. The Hall–Kier alpha value is -0.260. The zero-order valence-corrected chi connectivity index (χ0v) is 12.8. The Bertz CT molecular complexity index is 431. The lowest BCUT2D eigenvalue weighted by Crippen LogP contribution is -2.35. The van der Waals surface area contributed by atoms with Gasteiger partial charge in [-0.25, -0.2) is 13.3 Å². The van der Waals surface area contributed by atoms with Gasteiger partial charge in [0, 0.05) is 16.1 Å². The summed E-state index contributed by atoms with van der Waals surface area (Å²) < 4.78 is 28.8. The molecule has 0 bridgehead atoms. The average Bonchev–Trinajstić information content (AvgIpc) is 2.15. The Morgan fingerprint density at radius 3 is 2.47 bits per heavy atom.